The molecule has 36 heavy (non-hydrogen) atoms. The zero-order valence-electron chi connectivity index (χ0n) is 17.6. The molecule has 0 heterocycles. The summed E-state index contributed by atoms with van der Waals surface area (Å²) in [6.45, 7) is 1.80. The number of halogens is 11. The predicted molar refractivity (Wildman–Crippen MR) is 111 cm³/mol. The van der Waals surface area contributed by atoms with E-state index in [0.29, 0.717) is 10.6 Å². The van der Waals surface area contributed by atoms with Crippen LogP contribution in [0.5, 0.6) is 0 Å². The Morgan fingerprint density at radius 2 is 0.806 bits per heavy atom. The van der Waals surface area contributed by atoms with Crippen molar-refractivity contribution in [1.29, 1.82) is 0 Å². The van der Waals surface area contributed by atoms with Crippen LogP contribution >= 0.6 is 11.8 Å². The van der Waals surface area contributed by atoms with Crippen molar-refractivity contribution >= 4 is 22.5 Å². The van der Waals surface area contributed by atoms with Gasteiger partial charge in [-0.15, -0.1) is 11.8 Å². The highest BCUT2D eigenvalue weighted by Gasteiger charge is 2.36. The fourth-order valence-electron chi connectivity index (χ4n) is 3.75. The Morgan fingerprint density at radius 3 is 1.28 bits per heavy atom. The highest BCUT2D eigenvalue weighted by atomic mass is 32.2. The Kier molecular flexibility index (Phi) is 6.67. The number of hydrogen-bond donors (Lipinski definition) is 0. The average molecular weight is 538 g/mol. The fraction of sp³-hybridized carbons (Fsp3) is 0.0833. The predicted octanol–water partition coefficient (Wildman–Crippen LogP) is 8.82. The highest BCUT2D eigenvalue weighted by molar-refractivity contribution is 7.99. The summed E-state index contributed by atoms with van der Waals surface area (Å²) in [4.78, 5) is 0.605. The second-order valence-corrected chi connectivity index (χ2v) is 8.62. The summed E-state index contributed by atoms with van der Waals surface area (Å²) in [5.74, 6) is -27.1. The molecule has 0 aliphatic rings. The van der Waals surface area contributed by atoms with Gasteiger partial charge in [-0.3, -0.25) is 0 Å². The van der Waals surface area contributed by atoms with Crippen molar-refractivity contribution < 1.29 is 48.3 Å². The second kappa shape index (κ2) is 9.30. The van der Waals surface area contributed by atoms with Crippen LogP contribution in [0.3, 0.4) is 0 Å². The van der Waals surface area contributed by atoms with Gasteiger partial charge in [0, 0.05) is 26.8 Å². The molecule has 0 amide bonds. The molecule has 0 spiro atoms. The van der Waals surface area contributed by atoms with Crippen molar-refractivity contribution in [2.75, 3.05) is 5.75 Å². The van der Waals surface area contributed by atoms with Gasteiger partial charge in [-0.1, -0.05) is 19.1 Å². The van der Waals surface area contributed by atoms with Crippen LogP contribution in [-0.4, -0.2) is 5.75 Å². The molecule has 4 aromatic carbocycles. The minimum absolute atomic E-state index is 0.384. The molecule has 0 unspecified atom stereocenters. The summed E-state index contributed by atoms with van der Waals surface area (Å²) in [5.41, 5.74) is -5.77. The summed E-state index contributed by atoms with van der Waals surface area (Å²) < 4.78 is 159. The largest absolute Gasteiger partial charge is 0.203 e. The third kappa shape index (κ3) is 3.69. The Bertz CT molecular complexity index is 1520. The van der Waals surface area contributed by atoms with Crippen molar-refractivity contribution in [3.63, 3.8) is 0 Å². The lowest BCUT2D eigenvalue weighted by atomic mass is 9.89. The first kappa shape index (κ1) is 25.8. The van der Waals surface area contributed by atoms with Gasteiger partial charge in [-0.25, -0.2) is 48.3 Å². The minimum atomic E-state index is -2.70. The third-order valence-corrected chi connectivity index (χ3v) is 6.21. The number of hydrogen-bond acceptors (Lipinski definition) is 1. The van der Waals surface area contributed by atoms with Crippen LogP contribution in [0.25, 0.3) is 33.0 Å². The summed E-state index contributed by atoms with van der Waals surface area (Å²) in [5, 5.41) is -3.28. The van der Waals surface area contributed by atoms with Crippen LogP contribution in [0.1, 0.15) is 6.92 Å². The zero-order valence-corrected chi connectivity index (χ0v) is 18.4. The lowest BCUT2D eigenvalue weighted by molar-refractivity contribution is 0.380. The molecular weight excluding hydrogens is 529 g/mol. The molecule has 4 aromatic rings. The summed E-state index contributed by atoms with van der Waals surface area (Å²) in [6, 6.07) is 4.93. The standard InChI is InChI=1S/C24H9F11S/c1-2-36-8-5-3-7(4-6-8)9-10-11(17(28)21(32)20(31)16(10)27)12(15(26)14(9)25)13-18(29)22(33)24(35)23(34)19(13)30/h3-6H,2H2,1H3. The molecule has 0 atom stereocenters. The topological polar surface area (TPSA) is 0 Å². The van der Waals surface area contributed by atoms with Crippen LogP contribution in [-0.2, 0) is 0 Å². The van der Waals surface area contributed by atoms with Gasteiger partial charge < -0.3 is 0 Å². The van der Waals surface area contributed by atoms with E-state index >= 15 is 8.78 Å². The Balaban J connectivity index is 2.26. The molecule has 0 saturated heterocycles. The van der Waals surface area contributed by atoms with E-state index < -0.39 is 91.5 Å². The van der Waals surface area contributed by atoms with Crippen molar-refractivity contribution in [2.45, 2.75) is 11.8 Å². The van der Waals surface area contributed by atoms with E-state index in [1.165, 1.54) is 23.9 Å². The van der Waals surface area contributed by atoms with Crippen LogP contribution < -0.4 is 0 Å². The van der Waals surface area contributed by atoms with Gasteiger partial charge >= 0.3 is 0 Å². The minimum Gasteiger partial charge on any atom is -0.203 e. The normalized spacial score (nSPS) is 11.6. The highest BCUT2D eigenvalue weighted by Crippen LogP contribution is 2.46. The lowest BCUT2D eigenvalue weighted by Gasteiger charge is -2.18. The molecule has 0 aliphatic carbocycles. The molecule has 188 valence electrons. The molecule has 0 aliphatic heterocycles. The lowest BCUT2D eigenvalue weighted by Crippen LogP contribution is -2.10. The van der Waals surface area contributed by atoms with Gasteiger partial charge in [0.25, 0.3) is 0 Å². The smallest absolute Gasteiger partial charge is 0.200 e. The van der Waals surface area contributed by atoms with Gasteiger partial charge in [0.2, 0.25) is 5.82 Å². The maximum Gasteiger partial charge on any atom is 0.200 e. The van der Waals surface area contributed by atoms with Gasteiger partial charge in [0.05, 0.1) is 5.56 Å². The summed E-state index contributed by atoms with van der Waals surface area (Å²) in [6.07, 6.45) is 0. The van der Waals surface area contributed by atoms with E-state index in [1.54, 1.807) is 6.92 Å². The van der Waals surface area contributed by atoms with Crippen molar-refractivity contribution in [3.05, 3.63) is 88.3 Å². The molecule has 0 aromatic heterocycles. The number of thioether (sulfide) groups is 1. The first-order valence-corrected chi connectivity index (χ1v) is 10.8. The van der Waals surface area contributed by atoms with Crippen LogP contribution in [0, 0.1) is 64.0 Å². The van der Waals surface area contributed by atoms with E-state index in [1.807, 2.05) is 0 Å². The van der Waals surface area contributed by atoms with Gasteiger partial charge in [0.15, 0.2) is 58.2 Å². The molecular formula is C24H9F11S. The summed E-state index contributed by atoms with van der Waals surface area (Å²) >= 11 is 1.31. The van der Waals surface area contributed by atoms with Crippen LogP contribution in [0.2, 0.25) is 0 Å². The molecule has 12 heteroatoms. The second-order valence-electron chi connectivity index (χ2n) is 7.29. The van der Waals surface area contributed by atoms with Gasteiger partial charge in [-0.2, -0.15) is 0 Å². The molecule has 0 saturated carbocycles. The molecule has 0 bridgehead atoms. The Morgan fingerprint density at radius 1 is 0.444 bits per heavy atom. The van der Waals surface area contributed by atoms with Gasteiger partial charge in [0.1, 0.15) is 0 Å². The summed E-state index contributed by atoms with van der Waals surface area (Å²) in [7, 11) is 0. The molecule has 0 radical (unpaired) electrons. The molecule has 0 N–H and O–H groups in total. The number of fused-ring (bicyclic) bond motifs is 1. The monoisotopic (exact) mass is 538 g/mol. The number of rotatable bonds is 4. The SMILES string of the molecule is CCSc1ccc(-c2c(F)c(F)c(-c3c(F)c(F)c(F)c(F)c3F)c3c(F)c(F)c(F)c(F)c23)cc1. The third-order valence-electron chi connectivity index (χ3n) is 5.31. The van der Waals surface area contributed by atoms with E-state index in [0.717, 1.165) is 12.1 Å². The van der Waals surface area contributed by atoms with Crippen molar-refractivity contribution in [2.24, 2.45) is 0 Å². The van der Waals surface area contributed by atoms with Crippen LogP contribution in [0.4, 0.5) is 48.3 Å². The quantitative estimate of drug-likeness (QED) is 0.108. The van der Waals surface area contributed by atoms with Crippen molar-refractivity contribution in [1.82, 2.24) is 0 Å². The molecule has 0 fully saturated rings. The average Bonchev–Trinajstić information content (AvgIpc) is 2.87. The Labute approximate surface area is 199 Å². The first-order chi connectivity index (χ1) is 16.9. The van der Waals surface area contributed by atoms with Gasteiger partial charge in [-0.05, 0) is 23.4 Å². The fourth-order valence-corrected chi connectivity index (χ4v) is 4.42. The van der Waals surface area contributed by atoms with Crippen LogP contribution in [0.15, 0.2) is 29.2 Å². The van der Waals surface area contributed by atoms with E-state index in [9.17, 15) is 39.5 Å². The zero-order chi connectivity index (χ0) is 26.6. The maximum atomic E-state index is 15.3. The van der Waals surface area contributed by atoms with E-state index in [-0.39, 0.29) is 5.56 Å². The maximum absolute atomic E-state index is 15.3. The number of benzene rings is 4. The Hall–Kier alpha value is -3.28. The van der Waals surface area contributed by atoms with E-state index in [4.69, 9.17) is 0 Å². The van der Waals surface area contributed by atoms with Crippen molar-refractivity contribution in [3.8, 4) is 22.3 Å². The molecule has 4 rings (SSSR count). The molecule has 0 nitrogen and oxygen atoms in total. The van der Waals surface area contributed by atoms with E-state index in [2.05, 4.69) is 0 Å². The first-order valence-electron chi connectivity index (χ1n) is 9.85.